The van der Waals surface area contributed by atoms with Crippen LogP contribution in [0.3, 0.4) is 0 Å². The van der Waals surface area contributed by atoms with Gasteiger partial charge in [-0.25, -0.2) is 0 Å². The maximum atomic E-state index is 5.52. The smallest absolute Gasteiger partial charge is 0.128 e. The fraction of sp³-hybridized carbons (Fsp3) is 0.538. The van der Waals surface area contributed by atoms with Gasteiger partial charge in [0.2, 0.25) is 0 Å². The molecule has 0 bridgehead atoms. The van der Waals surface area contributed by atoms with Gasteiger partial charge in [-0.1, -0.05) is 6.07 Å². The number of ether oxygens (including phenoxy) is 2. The Morgan fingerprint density at radius 1 is 1.27 bits per heavy atom. The Balaban J connectivity index is 2.66. The van der Waals surface area contributed by atoms with E-state index in [-0.39, 0.29) is 5.60 Å². The van der Waals surface area contributed by atoms with Crippen LogP contribution >= 0.6 is 0 Å². The normalized spacial score (nSPS) is 24.1. The fourth-order valence-electron chi connectivity index (χ4n) is 2.22. The monoisotopic (exact) mass is 206 g/mol. The molecule has 1 aromatic rings. The summed E-state index contributed by atoms with van der Waals surface area (Å²) in [6.45, 7) is 9.25. The van der Waals surface area contributed by atoms with Crippen molar-refractivity contribution in [2.24, 2.45) is 0 Å². The standard InChI is InChI=1S/C13H18O2/c1-8-6-9(2)11(13(4)7-15-13)12(14-5)10(8)3/h6H,7H2,1-5H3. The molecule has 1 unspecified atom stereocenters. The first-order chi connectivity index (χ1) is 6.99. The average Bonchev–Trinajstić information content (AvgIpc) is 2.90. The zero-order valence-electron chi connectivity index (χ0n) is 10.1. The van der Waals surface area contributed by atoms with Gasteiger partial charge in [0.25, 0.3) is 0 Å². The topological polar surface area (TPSA) is 21.8 Å². The van der Waals surface area contributed by atoms with Crippen molar-refractivity contribution in [1.82, 2.24) is 0 Å². The van der Waals surface area contributed by atoms with Gasteiger partial charge in [0.05, 0.1) is 13.7 Å². The van der Waals surface area contributed by atoms with Crippen molar-refractivity contribution >= 4 is 0 Å². The highest BCUT2D eigenvalue weighted by Crippen LogP contribution is 2.46. The summed E-state index contributed by atoms with van der Waals surface area (Å²) in [7, 11) is 1.73. The molecular weight excluding hydrogens is 188 g/mol. The van der Waals surface area contributed by atoms with Crippen molar-refractivity contribution in [2.45, 2.75) is 33.3 Å². The van der Waals surface area contributed by atoms with Crippen LogP contribution in [0.5, 0.6) is 5.75 Å². The minimum absolute atomic E-state index is 0.117. The predicted octanol–water partition coefficient (Wildman–Crippen LogP) is 2.87. The molecule has 15 heavy (non-hydrogen) atoms. The molecule has 0 N–H and O–H groups in total. The third-order valence-corrected chi connectivity index (χ3v) is 3.30. The summed E-state index contributed by atoms with van der Waals surface area (Å²) in [5, 5.41) is 0. The van der Waals surface area contributed by atoms with Crippen LogP contribution < -0.4 is 4.74 Å². The van der Waals surface area contributed by atoms with Crippen molar-refractivity contribution in [3.05, 3.63) is 28.3 Å². The molecule has 0 aromatic heterocycles. The lowest BCUT2D eigenvalue weighted by Crippen LogP contribution is -2.09. The minimum Gasteiger partial charge on any atom is -0.496 e. The lowest BCUT2D eigenvalue weighted by molar-refractivity contribution is 0.314. The van der Waals surface area contributed by atoms with E-state index < -0.39 is 0 Å². The van der Waals surface area contributed by atoms with Crippen molar-refractivity contribution in [2.75, 3.05) is 13.7 Å². The molecule has 2 nitrogen and oxygen atoms in total. The first kappa shape index (κ1) is 10.5. The van der Waals surface area contributed by atoms with Crippen LogP contribution in [-0.4, -0.2) is 13.7 Å². The average molecular weight is 206 g/mol. The zero-order valence-corrected chi connectivity index (χ0v) is 10.1. The lowest BCUT2D eigenvalue weighted by Gasteiger charge is -2.19. The van der Waals surface area contributed by atoms with Crippen molar-refractivity contribution < 1.29 is 9.47 Å². The molecule has 0 radical (unpaired) electrons. The SMILES string of the molecule is COc1c(C)c(C)cc(C)c1C1(C)CO1. The molecule has 82 valence electrons. The first-order valence-electron chi connectivity index (χ1n) is 5.29. The van der Waals surface area contributed by atoms with Crippen LogP contribution in [0.4, 0.5) is 0 Å². The number of benzene rings is 1. The van der Waals surface area contributed by atoms with Gasteiger partial charge in [-0.15, -0.1) is 0 Å². The fourth-order valence-corrected chi connectivity index (χ4v) is 2.22. The molecule has 1 aliphatic rings. The second-order valence-electron chi connectivity index (χ2n) is 4.56. The van der Waals surface area contributed by atoms with Gasteiger partial charge < -0.3 is 9.47 Å². The Morgan fingerprint density at radius 2 is 1.87 bits per heavy atom. The lowest BCUT2D eigenvalue weighted by atomic mass is 9.91. The third kappa shape index (κ3) is 1.53. The van der Waals surface area contributed by atoms with Crippen LogP contribution in [0.15, 0.2) is 6.07 Å². The van der Waals surface area contributed by atoms with Crippen LogP contribution in [-0.2, 0) is 10.3 Å². The van der Waals surface area contributed by atoms with Gasteiger partial charge in [-0.2, -0.15) is 0 Å². The molecule has 1 fully saturated rings. The summed E-state index contributed by atoms with van der Waals surface area (Å²) >= 11 is 0. The van der Waals surface area contributed by atoms with Gasteiger partial charge in [0.15, 0.2) is 0 Å². The third-order valence-electron chi connectivity index (χ3n) is 3.30. The summed E-state index contributed by atoms with van der Waals surface area (Å²) in [6, 6.07) is 2.21. The minimum atomic E-state index is -0.117. The number of aryl methyl sites for hydroxylation is 2. The Bertz CT molecular complexity index is 403. The highest BCUT2D eigenvalue weighted by Gasteiger charge is 2.45. The van der Waals surface area contributed by atoms with E-state index in [2.05, 4.69) is 33.8 Å². The zero-order chi connectivity index (χ0) is 11.2. The molecule has 2 rings (SSSR count). The van der Waals surface area contributed by atoms with Crippen LogP contribution in [0.2, 0.25) is 0 Å². The van der Waals surface area contributed by atoms with E-state index in [1.165, 1.54) is 22.3 Å². The summed E-state index contributed by atoms with van der Waals surface area (Å²) < 4.78 is 11.0. The molecule has 1 atom stereocenters. The molecule has 1 saturated heterocycles. The molecule has 0 aliphatic carbocycles. The second-order valence-corrected chi connectivity index (χ2v) is 4.56. The summed E-state index contributed by atoms with van der Waals surface area (Å²) in [5.41, 5.74) is 4.85. The molecular formula is C13H18O2. The quantitative estimate of drug-likeness (QED) is 0.694. The maximum absolute atomic E-state index is 5.52. The summed E-state index contributed by atoms with van der Waals surface area (Å²) in [4.78, 5) is 0. The van der Waals surface area contributed by atoms with Gasteiger partial charge in [-0.3, -0.25) is 0 Å². The Hall–Kier alpha value is -1.02. The van der Waals surface area contributed by atoms with Gasteiger partial charge in [-0.05, 0) is 44.4 Å². The van der Waals surface area contributed by atoms with E-state index in [0.29, 0.717) is 0 Å². The van der Waals surface area contributed by atoms with E-state index in [1.807, 2.05) is 0 Å². The highest BCUT2D eigenvalue weighted by atomic mass is 16.6. The van der Waals surface area contributed by atoms with E-state index in [4.69, 9.17) is 9.47 Å². The van der Waals surface area contributed by atoms with E-state index >= 15 is 0 Å². The number of methoxy groups -OCH3 is 1. The summed E-state index contributed by atoms with van der Waals surface area (Å²) in [5.74, 6) is 0.993. The van der Waals surface area contributed by atoms with Crippen LogP contribution in [0, 0.1) is 20.8 Å². The van der Waals surface area contributed by atoms with Gasteiger partial charge >= 0.3 is 0 Å². The molecule has 0 spiro atoms. The van der Waals surface area contributed by atoms with Crippen molar-refractivity contribution in [1.29, 1.82) is 0 Å². The van der Waals surface area contributed by atoms with Gasteiger partial charge in [0.1, 0.15) is 11.4 Å². The molecule has 1 aliphatic heterocycles. The number of hydrogen-bond donors (Lipinski definition) is 0. The number of rotatable bonds is 2. The largest absolute Gasteiger partial charge is 0.496 e. The van der Waals surface area contributed by atoms with E-state index in [9.17, 15) is 0 Å². The van der Waals surface area contributed by atoms with E-state index in [1.54, 1.807) is 7.11 Å². The number of epoxide rings is 1. The highest BCUT2D eigenvalue weighted by molar-refractivity contribution is 5.53. The molecule has 2 heteroatoms. The van der Waals surface area contributed by atoms with E-state index in [0.717, 1.165) is 12.4 Å². The van der Waals surface area contributed by atoms with Crippen molar-refractivity contribution in [3.63, 3.8) is 0 Å². The predicted molar refractivity (Wildman–Crippen MR) is 60.5 cm³/mol. The first-order valence-corrected chi connectivity index (χ1v) is 5.29. The Kier molecular flexibility index (Phi) is 2.27. The van der Waals surface area contributed by atoms with Gasteiger partial charge in [0, 0.05) is 5.56 Å². The number of hydrogen-bond acceptors (Lipinski definition) is 2. The molecule has 1 aromatic carbocycles. The maximum Gasteiger partial charge on any atom is 0.128 e. The van der Waals surface area contributed by atoms with Crippen LogP contribution in [0.25, 0.3) is 0 Å². The molecule has 0 amide bonds. The van der Waals surface area contributed by atoms with Crippen molar-refractivity contribution in [3.8, 4) is 5.75 Å². The summed E-state index contributed by atoms with van der Waals surface area (Å²) in [6.07, 6.45) is 0. The Labute approximate surface area is 91.2 Å². The Morgan fingerprint density at radius 3 is 2.33 bits per heavy atom. The van der Waals surface area contributed by atoms with Crippen LogP contribution in [0.1, 0.15) is 29.2 Å². The molecule has 0 saturated carbocycles. The molecule has 1 heterocycles. The second kappa shape index (κ2) is 3.24.